The van der Waals surface area contributed by atoms with Crippen LogP contribution in [0.5, 0.6) is 11.5 Å². The molecular formula is C18H21F2NO3. The fraction of sp³-hybridized carbons (Fsp3) is 0.333. The number of rotatable bonds is 8. The van der Waals surface area contributed by atoms with E-state index in [9.17, 15) is 13.9 Å². The minimum Gasteiger partial charge on any atom is -0.497 e. The molecule has 0 unspecified atom stereocenters. The quantitative estimate of drug-likeness (QED) is 0.804. The van der Waals surface area contributed by atoms with E-state index < -0.39 is 11.6 Å². The lowest BCUT2D eigenvalue weighted by Crippen LogP contribution is -2.26. The number of aliphatic hydroxyl groups is 1. The predicted molar refractivity (Wildman–Crippen MR) is 87.1 cm³/mol. The van der Waals surface area contributed by atoms with Crippen LogP contribution in [-0.2, 0) is 13.1 Å². The number of benzene rings is 2. The van der Waals surface area contributed by atoms with Crippen LogP contribution in [-0.4, -0.2) is 37.4 Å². The Bertz CT molecular complexity index is 659. The van der Waals surface area contributed by atoms with E-state index in [1.165, 1.54) is 12.1 Å². The van der Waals surface area contributed by atoms with Gasteiger partial charge < -0.3 is 14.6 Å². The first-order valence-corrected chi connectivity index (χ1v) is 7.54. The highest BCUT2D eigenvalue weighted by Crippen LogP contribution is 2.26. The van der Waals surface area contributed by atoms with E-state index in [0.717, 1.165) is 11.6 Å². The molecule has 0 bridgehead atoms. The van der Waals surface area contributed by atoms with Gasteiger partial charge in [-0.25, -0.2) is 8.78 Å². The fourth-order valence-electron chi connectivity index (χ4n) is 2.56. The average Bonchev–Trinajstić information content (AvgIpc) is 2.54. The standard InChI is InChI=1S/C18H21F2NO3/c1-23-17-3-4-18(24-2)14(9-17)12-21(5-6-22)11-13-7-15(19)10-16(20)8-13/h3-4,7-10,22H,5-6,11-12H2,1-2H3. The van der Waals surface area contributed by atoms with E-state index in [1.54, 1.807) is 26.4 Å². The molecule has 0 spiro atoms. The van der Waals surface area contributed by atoms with Crippen molar-refractivity contribution in [2.24, 2.45) is 0 Å². The van der Waals surface area contributed by atoms with Crippen molar-refractivity contribution in [2.75, 3.05) is 27.4 Å². The summed E-state index contributed by atoms with van der Waals surface area (Å²) in [6.07, 6.45) is 0. The molecule has 0 amide bonds. The zero-order valence-corrected chi connectivity index (χ0v) is 13.8. The van der Waals surface area contributed by atoms with Gasteiger partial charge in [0.25, 0.3) is 0 Å². The Hall–Kier alpha value is -2.18. The number of ether oxygens (including phenoxy) is 2. The topological polar surface area (TPSA) is 41.9 Å². The van der Waals surface area contributed by atoms with Gasteiger partial charge in [-0.2, -0.15) is 0 Å². The lowest BCUT2D eigenvalue weighted by molar-refractivity contribution is 0.182. The third kappa shape index (κ3) is 4.91. The minimum absolute atomic E-state index is 0.0654. The Morgan fingerprint density at radius 1 is 0.958 bits per heavy atom. The Morgan fingerprint density at radius 2 is 1.67 bits per heavy atom. The van der Waals surface area contributed by atoms with Crippen molar-refractivity contribution in [3.8, 4) is 11.5 Å². The SMILES string of the molecule is COc1ccc(OC)c(CN(CCO)Cc2cc(F)cc(F)c2)c1. The smallest absolute Gasteiger partial charge is 0.126 e. The molecule has 0 aliphatic rings. The molecule has 0 aliphatic carbocycles. The van der Waals surface area contributed by atoms with Crippen molar-refractivity contribution in [3.63, 3.8) is 0 Å². The maximum atomic E-state index is 13.4. The molecular weight excluding hydrogens is 316 g/mol. The Morgan fingerprint density at radius 3 is 2.25 bits per heavy atom. The van der Waals surface area contributed by atoms with Crippen LogP contribution in [0.15, 0.2) is 36.4 Å². The van der Waals surface area contributed by atoms with Crippen molar-refractivity contribution in [1.82, 2.24) is 4.90 Å². The second-order valence-corrected chi connectivity index (χ2v) is 5.39. The van der Waals surface area contributed by atoms with Crippen molar-refractivity contribution in [3.05, 3.63) is 59.2 Å². The van der Waals surface area contributed by atoms with Crippen LogP contribution in [0.1, 0.15) is 11.1 Å². The lowest BCUT2D eigenvalue weighted by Gasteiger charge is -2.23. The number of aliphatic hydroxyl groups excluding tert-OH is 1. The summed E-state index contributed by atoms with van der Waals surface area (Å²) in [5, 5.41) is 9.28. The molecule has 0 saturated carbocycles. The molecule has 6 heteroatoms. The number of methoxy groups -OCH3 is 2. The van der Waals surface area contributed by atoms with E-state index in [1.807, 2.05) is 11.0 Å². The molecule has 24 heavy (non-hydrogen) atoms. The monoisotopic (exact) mass is 337 g/mol. The molecule has 4 nitrogen and oxygen atoms in total. The summed E-state index contributed by atoms with van der Waals surface area (Å²) in [7, 11) is 3.15. The van der Waals surface area contributed by atoms with Gasteiger partial charge in [-0.15, -0.1) is 0 Å². The molecule has 1 N–H and O–H groups in total. The van der Waals surface area contributed by atoms with Crippen molar-refractivity contribution >= 4 is 0 Å². The maximum Gasteiger partial charge on any atom is 0.126 e. The van der Waals surface area contributed by atoms with E-state index >= 15 is 0 Å². The molecule has 0 radical (unpaired) electrons. The Balaban J connectivity index is 2.21. The summed E-state index contributed by atoms with van der Waals surface area (Å²) in [6, 6.07) is 8.85. The van der Waals surface area contributed by atoms with E-state index in [-0.39, 0.29) is 6.61 Å². The molecule has 0 aliphatic heterocycles. The second-order valence-electron chi connectivity index (χ2n) is 5.39. The highest BCUT2D eigenvalue weighted by molar-refractivity contribution is 5.40. The van der Waals surface area contributed by atoms with E-state index in [2.05, 4.69) is 0 Å². The molecule has 0 aromatic heterocycles. The number of halogens is 2. The minimum atomic E-state index is -0.618. The van der Waals surface area contributed by atoms with Crippen LogP contribution in [0, 0.1) is 11.6 Å². The van der Waals surface area contributed by atoms with Gasteiger partial charge in [-0.05, 0) is 35.9 Å². The number of hydrogen-bond donors (Lipinski definition) is 1. The summed E-state index contributed by atoms with van der Waals surface area (Å²) in [5.41, 5.74) is 1.37. The zero-order valence-electron chi connectivity index (χ0n) is 13.8. The highest BCUT2D eigenvalue weighted by atomic mass is 19.1. The van der Waals surface area contributed by atoms with Gasteiger partial charge >= 0.3 is 0 Å². The first kappa shape index (κ1) is 18.2. The number of nitrogens with zero attached hydrogens (tertiary/aromatic N) is 1. The zero-order chi connectivity index (χ0) is 17.5. The largest absolute Gasteiger partial charge is 0.497 e. The third-order valence-corrected chi connectivity index (χ3v) is 3.63. The van der Waals surface area contributed by atoms with Gasteiger partial charge in [0.2, 0.25) is 0 Å². The van der Waals surface area contributed by atoms with Crippen LogP contribution in [0.4, 0.5) is 8.78 Å². The summed E-state index contributed by atoms with van der Waals surface area (Å²) >= 11 is 0. The molecule has 0 fully saturated rings. The van der Waals surface area contributed by atoms with E-state index in [4.69, 9.17) is 9.47 Å². The van der Waals surface area contributed by atoms with E-state index in [0.29, 0.717) is 36.7 Å². The van der Waals surface area contributed by atoms with Gasteiger partial charge in [-0.3, -0.25) is 4.90 Å². The Kier molecular flexibility index (Phi) is 6.52. The van der Waals surface area contributed by atoms with Gasteiger partial charge in [0.05, 0.1) is 20.8 Å². The number of hydrogen-bond acceptors (Lipinski definition) is 4. The molecule has 0 heterocycles. The normalized spacial score (nSPS) is 10.9. The summed E-state index contributed by atoms with van der Waals surface area (Å²) in [6.45, 7) is 1.04. The van der Waals surface area contributed by atoms with Crippen LogP contribution in [0.25, 0.3) is 0 Å². The molecule has 2 aromatic rings. The lowest BCUT2D eigenvalue weighted by atomic mass is 10.1. The first-order chi connectivity index (χ1) is 11.5. The molecule has 130 valence electrons. The predicted octanol–water partition coefficient (Wildman–Crippen LogP) is 2.98. The van der Waals surface area contributed by atoms with Crippen LogP contribution in [0.2, 0.25) is 0 Å². The summed E-state index contributed by atoms with van der Waals surface area (Å²) < 4.78 is 37.3. The van der Waals surface area contributed by atoms with Gasteiger partial charge in [0, 0.05) is 31.3 Å². The maximum absolute atomic E-state index is 13.4. The second kappa shape index (κ2) is 8.61. The Labute approximate surface area is 140 Å². The molecule has 2 aromatic carbocycles. The van der Waals surface area contributed by atoms with Crippen LogP contribution in [0.3, 0.4) is 0 Å². The average molecular weight is 337 g/mol. The highest BCUT2D eigenvalue weighted by Gasteiger charge is 2.13. The van der Waals surface area contributed by atoms with Crippen molar-refractivity contribution < 1.29 is 23.4 Å². The molecule has 2 rings (SSSR count). The third-order valence-electron chi connectivity index (χ3n) is 3.63. The van der Waals surface area contributed by atoms with Gasteiger partial charge in [0.15, 0.2) is 0 Å². The fourth-order valence-corrected chi connectivity index (χ4v) is 2.56. The molecule has 0 saturated heterocycles. The first-order valence-electron chi connectivity index (χ1n) is 7.54. The van der Waals surface area contributed by atoms with Crippen molar-refractivity contribution in [2.45, 2.75) is 13.1 Å². The van der Waals surface area contributed by atoms with Crippen LogP contribution >= 0.6 is 0 Å². The van der Waals surface area contributed by atoms with Gasteiger partial charge in [-0.1, -0.05) is 0 Å². The van der Waals surface area contributed by atoms with Crippen molar-refractivity contribution in [1.29, 1.82) is 0 Å². The van der Waals surface area contributed by atoms with Gasteiger partial charge in [0.1, 0.15) is 23.1 Å². The molecule has 0 atom stereocenters. The summed E-state index contributed by atoms with van der Waals surface area (Å²) in [5.74, 6) is 0.136. The van der Waals surface area contributed by atoms with Crippen LogP contribution < -0.4 is 9.47 Å². The summed E-state index contributed by atoms with van der Waals surface area (Å²) in [4.78, 5) is 1.88.